The van der Waals surface area contributed by atoms with E-state index in [1.165, 1.54) is 11.3 Å². The molecule has 0 aliphatic heterocycles. The first-order valence-corrected chi connectivity index (χ1v) is 6.25. The lowest BCUT2D eigenvalue weighted by Gasteiger charge is -1.99. The lowest BCUT2D eigenvalue weighted by Crippen LogP contribution is -2.04. The van der Waals surface area contributed by atoms with Gasteiger partial charge in [0.1, 0.15) is 4.88 Å². The molecule has 0 aromatic carbocycles. The summed E-state index contributed by atoms with van der Waals surface area (Å²) in [6.45, 7) is 4.03. The molecular formula is C9H13NO2S2. The molecule has 0 bridgehead atoms. The molecule has 0 saturated carbocycles. The van der Waals surface area contributed by atoms with Crippen LogP contribution in [0.15, 0.2) is 4.21 Å². The van der Waals surface area contributed by atoms with E-state index in [-0.39, 0.29) is 5.97 Å². The van der Waals surface area contributed by atoms with E-state index in [1.54, 1.807) is 18.7 Å². The molecule has 2 N–H and O–H groups in total. The molecule has 1 aromatic rings. The zero-order valence-corrected chi connectivity index (χ0v) is 10.1. The highest BCUT2D eigenvalue weighted by molar-refractivity contribution is 8.00. The number of hydrogen-bond donors (Lipinski definition) is 1. The zero-order chi connectivity index (χ0) is 10.7. The molecule has 14 heavy (non-hydrogen) atoms. The van der Waals surface area contributed by atoms with Crippen molar-refractivity contribution in [1.29, 1.82) is 0 Å². The minimum atomic E-state index is -0.276. The summed E-state index contributed by atoms with van der Waals surface area (Å²) in [5.41, 5.74) is 7.36. The van der Waals surface area contributed by atoms with Crippen LogP contribution in [0.1, 0.15) is 22.2 Å². The van der Waals surface area contributed by atoms with Crippen LogP contribution in [-0.2, 0) is 4.74 Å². The van der Waals surface area contributed by atoms with Crippen molar-refractivity contribution in [1.82, 2.24) is 0 Å². The van der Waals surface area contributed by atoms with Crippen LogP contribution in [0.4, 0.5) is 5.69 Å². The summed E-state index contributed by atoms with van der Waals surface area (Å²) in [4.78, 5) is 12.1. The van der Waals surface area contributed by atoms with Crippen molar-refractivity contribution in [3.05, 3.63) is 10.4 Å². The average Bonchev–Trinajstić information content (AvgIpc) is 2.44. The van der Waals surface area contributed by atoms with Crippen molar-refractivity contribution < 1.29 is 9.53 Å². The van der Waals surface area contributed by atoms with Gasteiger partial charge in [-0.05, 0) is 25.7 Å². The lowest BCUT2D eigenvalue weighted by atomic mass is 10.2. The summed E-state index contributed by atoms with van der Waals surface area (Å²) in [6.07, 6.45) is 1.94. The molecule has 3 nitrogen and oxygen atoms in total. The van der Waals surface area contributed by atoms with Crippen LogP contribution in [0.5, 0.6) is 0 Å². The Labute approximate surface area is 91.6 Å². The standard InChI is InChI=1S/C9H13NO2S2/c1-4-12-8(11)7-5(2)6(10)9(13-3)14-7/h4,10H2,1-3H3. The van der Waals surface area contributed by atoms with E-state index >= 15 is 0 Å². The predicted octanol–water partition coefficient (Wildman–Crippen LogP) is 2.54. The van der Waals surface area contributed by atoms with E-state index < -0.39 is 0 Å². The Morgan fingerprint density at radius 2 is 2.29 bits per heavy atom. The first-order chi connectivity index (χ1) is 6.61. The third-order valence-electron chi connectivity index (χ3n) is 1.81. The van der Waals surface area contributed by atoms with E-state index in [0.717, 1.165) is 9.77 Å². The lowest BCUT2D eigenvalue weighted by molar-refractivity contribution is 0.0531. The van der Waals surface area contributed by atoms with E-state index in [4.69, 9.17) is 10.5 Å². The first-order valence-electron chi connectivity index (χ1n) is 4.21. The molecule has 1 aromatic heterocycles. The monoisotopic (exact) mass is 231 g/mol. The van der Waals surface area contributed by atoms with Gasteiger partial charge in [0.2, 0.25) is 0 Å². The number of nitrogen functional groups attached to an aromatic ring is 1. The number of carbonyl (C=O) groups excluding carboxylic acids is 1. The Balaban J connectivity index is 3.04. The van der Waals surface area contributed by atoms with Crippen LogP contribution in [0.3, 0.4) is 0 Å². The number of carbonyl (C=O) groups is 1. The van der Waals surface area contributed by atoms with Gasteiger partial charge in [-0.3, -0.25) is 0 Å². The molecular weight excluding hydrogens is 218 g/mol. The fourth-order valence-corrected chi connectivity index (χ4v) is 2.85. The average molecular weight is 231 g/mol. The van der Waals surface area contributed by atoms with Gasteiger partial charge < -0.3 is 10.5 Å². The molecule has 0 radical (unpaired) electrons. The third-order valence-corrected chi connectivity index (χ3v) is 4.23. The number of esters is 1. The van der Waals surface area contributed by atoms with Gasteiger partial charge in [-0.15, -0.1) is 23.1 Å². The maximum Gasteiger partial charge on any atom is 0.348 e. The molecule has 0 fully saturated rings. The maximum atomic E-state index is 11.5. The Morgan fingerprint density at radius 3 is 2.71 bits per heavy atom. The fraction of sp³-hybridized carbons (Fsp3) is 0.444. The highest BCUT2D eigenvalue weighted by Gasteiger charge is 2.18. The quantitative estimate of drug-likeness (QED) is 0.641. The van der Waals surface area contributed by atoms with E-state index in [9.17, 15) is 4.79 Å². The molecule has 0 atom stereocenters. The van der Waals surface area contributed by atoms with Gasteiger partial charge in [0, 0.05) is 0 Å². The van der Waals surface area contributed by atoms with Crippen LogP contribution >= 0.6 is 23.1 Å². The number of rotatable bonds is 3. The van der Waals surface area contributed by atoms with Gasteiger partial charge >= 0.3 is 5.97 Å². The van der Waals surface area contributed by atoms with E-state index in [1.807, 2.05) is 13.2 Å². The highest BCUT2D eigenvalue weighted by atomic mass is 32.2. The van der Waals surface area contributed by atoms with Gasteiger partial charge in [0.05, 0.1) is 16.5 Å². The molecule has 1 heterocycles. The number of nitrogens with two attached hydrogens (primary N) is 1. The molecule has 0 spiro atoms. The molecule has 0 aliphatic rings. The van der Waals surface area contributed by atoms with Gasteiger partial charge in [0.15, 0.2) is 0 Å². The van der Waals surface area contributed by atoms with Crippen LogP contribution in [0.2, 0.25) is 0 Å². The van der Waals surface area contributed by atoms with Gasteiger partial charge in [0.25, 0.3) is 0 Å². The Bertz CT molecular complexity index is 347. The van der Waals surface area contributed by atoms with Crippen molar-refractivity contribution in [2.45, 2.75) is 18.1 Å². The van der Waals surface area contributed by atoms with Crippen molar-refractivity contribution in [2.24, 2.45) is 0 Å². The van der Waals surface area contributed by atoms with Crippen molar-refractivity contribution in [3.63, 3.8) is 0 Å². The molecule has 0 aliphatic carbocycles. The molecule has 5 heteroatoms. The number of ether oxygens (including phenoxy) is 1. The smallest absolute Gasteiger partial charge is 0.348 e. The third kappa shape index (κ3) is 2.04. The number of thioether (sulfide) groups is 1. The topological polar surface area (TPSA) is 52.3 Å². The second kappa shape index (κ2) is 4.70. The maximum absolute atomic E-state index is 11.5. The summed E-state index contributed by atoms with van der Waals surface area (Å²) >= 11 is 2.95. The molecule has 0 saturated heterocycles. The van der Waals surface area contributed by atoms with Crippen molar-refractivity contribution >= 4 is 34.8 Å². The van der Waals surface area contributed by atoms with Gasteiger partial charge in [-0.2, -0.15) is 0 Å². The Morgan fingerprint density at radius 1 is 1.64 bits per heavy atom. The van der Waals surface area contributed by atoms with Crippen molar-refractivity contribution in [2.75, 3.05) is 18.6 Å². The minimum absolute atomic E-state index is 0.276. The molecule has 78 valence electrons. The van der Waals surface area contributed by atoms with Crippen LogP contribution in [0, 0.1) is 6.92 Å². The second-order valence-corrected chi connectivity index (χ2v) is 4.78. The normalized spacial score (nSPS) is 10.2. The predicted molar refractivity (Wildman–Crippen MR) is 61.2 cm³/mol. The first kappa shape index (κ1) is 11.4. The number of anilines is 1. The summed E-state index contributed by atoms with van der Waals surface area (Å²) in [5, 5.41) is 0. The highest BCUT2D eigenvalue weighted by Crippen LogP contribution is 2.37. The second-order valence-electron chi connectivity index (χ2n) is 2.68. The van der Waals surface area contributed by atoms with Crippen molar-refractivity contribution in [3.8, 4) is 0 Å². The SMILES string of the molecule is CCOC(=O)c1sc(SC)c(N)c1C. The summed E-state index contributed by atoms with van der Waals surface area (Å²) in [5.74, 6) is -0.276. The van der Waals surface area contributed by atoms with Crippen LogP contribution < -0.4 is 5.73 Å². The Kier molecular flexibility index (Phi) is 3.83. The molecule has 1 rings (SSSR count). The van der Waals surface area contributed by atoms with Gasteiger partial charge in [-0.25, -0.2) is 4.79 Å². The number of hydrogen-bond acceptors (Lipinski definition) is 5. The van der Waals surface area contributed by atoms with Crippen LogP contribution in [0.25, 0.3) is 0 Å². The molecule has 0 amide bonds. The van der Waals surface area contributed by atoms with Crippen LogP contribution in [-0.4, -0.2) is 18.8 Å². The minimum Gasteiger partial charge on any atom is -0.462 e. The number of thiophene rings is 1. The fourth-order valence-electron chi connectivity index (χ4n) is 1.04. The summed E-state index contributed by atoms with van der Waals surface area (Å²) in [7, 11) is 0. The van der Waals surface area contributed by atoms with Gasteiger partial charge in [-0.1, -0.05) is 0 Å². The van der Waals surface area contributed by atoms with E-state index in [0.29, 0.717) is 17.2 Å². The van der Waals surface area contributed by atoms with E-state index in [2.05, 4.69) is 0 Å². The summed E-state index contributed by atoms with van der Waals surface area (Å²) in [6, 6.07) is 0. The zero-order valence-electron chi connectivity index (χ0n) is 8.42. The largest absolute Gasteiger partial charge is 0.462 e. The summed E-state index contributed by atoms with van der Waals surface area (Å²) < 4.78 is 5.91. The molecule has 0 unspecified atom stereocenters. The Hall–Kier alpha value is -0.680.